The van der Waals surface area contributed by atoms with E-state index < -0.39 is 0 Å². The maximum atomic E-state index is 12.5. The summed E-state index contributed by atoms with van der Waals surface area (Å²) in [6.45, 7) is 2.10. The molecule has 2 rings (SSSR count). The molecule has 0 amide bonds. The lowest BCUT2D eigenvalue weighted by Crippen LogP contribution is -2.31. The van der Waals surface area contributed by atoms with Gasteiger partial charge in [0.2, 0.25) is 0 Å². The van der Waals surface area contributed by atoms with Gasteiger partial charge in [-0.1, -0.05) is 6.92 Å². The highest BCUT2D eigenvalue weighted by molar-refractivity contribution is 6.05. The van der Waals surface area contributed by atoms with E-state index in [4.69, 9.17) is 9.47 Å². The fraction of sp³-hybridized carbons (Fsp3) is 0.471. The standard InChI is InChI=1S/C17H23NO3.ClH/c1-11-6-16(18(2)3)17(19)15(11)9-12-7-13(20-4)10-14(8-12)21-5;/h7-11,16H,6H2,1-5H3;1H. The van der Waals surface area contributed by atoms with Crippen LogP contribution >= 0.6 is 12.4 Å². The summed E-state index contributed by atoms with van der Waals surface area (Å²) in [6, 6.07) is 5.64. The summed E-state index contributed by atoms with van der Waals surface area (Å²) >= 11 is 0. The molecule has 1 aromatic carbocycles. The van der Waals surface area contributed by atoms with Crippen LogP contribution in [0.4, 0.5) is 0 Å². The number of ether oxygens (including phenoxy) is 2. The van der Waals surface area contributed by atoms with E-state index in [2.05, 4.69) is 6.92 Å². The Morgan fingerprint density at radius 3 is 2.09 bits per heavy atom. The average molecular weight is 326 g/mol. The van der Waals surface area contributed by atoms with Crippen LogP contribution in [-0.2, 0) is 4.79 Å². The highest BCUT2D eigenvalue weighted by Gasteiger charge is 2.35. The number of ketones is 1. The molecule has 122 valence electrons. The van der Waals surface area contributed by atoms with Crippen LogP contribution in [0.1, 0.15) is 18.9 Å². The summed E-state index contributed by atoms with van der Waals surface area (Å²) in [6.07, 6.45) is 2.83. The molecule has 1 saturated carbocycles. The molecule has 2 unspecified atom stereocenters. The molecule has 0 spiro atoms. The molecule has 1 aliphatic rings. The SMILES string of the molecule is COc1cc(C=C2C(=O)C(N(C)C)CC2C)cc(OC)c1.Cl. The van der Waals surface area contributed by atoms with Gasteiger partial charge in [-0.15, -0.1) is 12.4 Å². The monoisotopic (exact) mass is 325 g/mol. The van der Waals surface area contributed by atoms with E-state index in [1.165, 1.54) is 0 Å². The Morgan fingerprint density at radius 2 is 1.68 bits per heavy atom. The first-order valence-electron chi connectivity index (χ1n) is 7.11. The van der Waals surface area contributed by atoms with Crippen molar-refractivity contribution in [1.82, 2.24) is 4.90 Å². The first-order chi connectivity index (χ1) is 9.96. The quantitative estimate of drug-likeness (QED) is 0.798. The molecule has 2 atom stereocenters. The number of Topliss-reactive ketones (excluding diaryl/α,β-unsaturated/α-hetero) is 1. The topological polar surface area (TPSA) is 38.8 Å². The molecule has 1 fully saturated rings. The van der Waals surface area contributed by atoms with Gasteiger partial charge in [-0.05, 0) is 50.2 Å². The number of hydrogen-bond acceptors (Lipinski definition) is 4. The first kappa shape index (κ1) is 18.5. The average Bonchev–Trinajstić information content (AvgIpc) is 2.75. The van der Waals surface area contributed by atoms with E-state index in [-0.39, 0.29) is 30.2 Å². The minimum atomic E-state index is -0.0150. The number of hydrogen-bond donors (Lipinski definition) is 0. The number of rotatable bonds is 4. The van der Waals surface area contributed by atoms with E-state index >= 15 is 0 Å². The fourth-order valence-electron chi connectivity index (χ4n) is 2.76. The third-order valence-corrected chi connectivity index (χ3v) is 4.01. The van der Waals surface area contributed by atoms with Gasteiger partial charge >= 0.3 is 0 Å². The maximum absolute atomic E-state index is 12.5. The van der Waals surface area contributed by atoms with Gasteiger partial charge in [-0.2, -0.15) is 0 Å². The van der Waals surface area contributed by atoms with Gasteiger partial charge in [-0.3, -0.25) is 9.69 Å². The molecule has 4 nitrogen and oxygen atoms in total. The van der Waals surface area contributed by atoms with Gasteiger partial charge in [0.15, 0.2) is 5.78 Å². The van der Waals surface area contributed by atoms with Crippen LogP contribution in [0.2, 0.25) is 0 Å². The van der Waals surface area contributed by atoms with Gasteiger partial charge in [-0.25, -0.2) is 0 Å². The van der Waals surface area contributed by atoms with Crippen molar-refractivity contribution >= 4 is 24.3 Å². The molecule has 0 radical (unpaired) electrons. The van der Waals surface area contributed by atoms with Crippen LogP contribution in [0.5, 0.6) is 11.5 Å². The lowest BCUT2D eigenvalue weighted by Gasteiger charge is -2.16. The van der Waals surface area contributed by atoms with Crippen molar-refractivity contribution in [2.24, 2.45) is 5.92 Å². The third-order valence-electron chi connectivity index (χ3n) is 4.01. The normalized spacial score (nSPS) is 22.8. The Labute approximate surface area is 138 Å². The van der Waals surface area contributed by atoms with Gasteiger partial charge in [0.05, 0.1) is 20.3 Å². The molecule has 0 bridgehead atoms. The molecular formula is C17H24ClNO3. The minimum absolute atomic E-state index is 0. The molecular weight excluding hydrogens is 302 g/mol. The predicted octanol–water partition coefficient (Wildman–Crippen LogP) is 3.05. The Kier molecular flexibility index (Phi) is 6.45. The summed E-state index contributed by atoms with van der Waals surface area (Å²) in [5.74, 6) is 1.93. The number of halogens is 1. The lowest BCUT2D eigenvalue weighted by molar-refractivity contribution is -0.118. The first-order valence-corrected chi connectivity index (χ1v) is 7.11. The van der Waals surface area contributed by atoms with Crippen LogP contribution in [0.25, 0.3) is 6.08 Å². The fourth-order valence-corrected chi connectivity index (χ4v) is 2.76. The van der Waals surface area contributed by atoms with Gasteiger partial charge in [0, 0.05) is 11.6 Å². The van der Waals surface area contributed by atoms with Crippen molar-refractivity contribution in [3.63, 3.8) is 0 Å². The minimum Gasteiger partial charge on any atom is -0.497 e. The summed E-state index contributed by atoms with van der Waals surface area (Å²) in [5, 5.41) is 0. The zero-order chi connectivity index (χ0) is 15.6. The van der Waals surface area contributed by atoms with E-state index in [0.717, 1.165) is 29.1 Å². The van der Waals surface area contributed by atoms with E-state index in [0.29, 0.717) is 0 Å². The van der Waals surface area contributed by atoms with Crippen molar-refractivity contribution < 1.29 is 14.3 Å². The van der Waals surface area contributed by atoms with Crippen LogP contribution < -0.4 is 9.47 Å². The van der Waals surface area contributed by atoms with E-state index in [9.17, 15) is 4.79 Å². The maximum Gasteiger partial charge on any atom is 0.176 e. The van der Waals surface area contributed by atoms with Crippen LogP contribution in [-0.4, -0.2) is 45.0 Å². The van der Waals surface area contributed by atoms with Crippen molar-refractivity contribution in [3.05, 3.63) is 29.3 Å². The molecule has 0 saturated heterocycles. The second kappa shape index (κ2) is 7.65. The number of benzene rings is 1. The van der Waals surface area contributed by atoms with E-state index in [1.807, 2.05) is 43.3 Å². The van der Waals surface area contributed by atoms with Crippen LogP contribution in [0.3, 0.4) is 0 Å². The molecule has 0 aromatic heterocycles. The lowest BCUT2D eigenvalue weighted by atomic mass is 10.0. The van der Waals surface area contributed by atoms with Crippen molar-refractivity contribution in [2.45, 2.75) is 19.4 Å². The Hall–Kier alpha value is -1.52. The Bertz CT molecular complexity index is 547. The highest BCUT2D eigenvalue weighted by atomic mass is 35.5. The van der Waals surface area contributed by atoms with Crippen LogP contribution in [0.15, 0.2) is 23.8 Å². The van der Waals surface area contributed by atoms with Gasteiger partial charge in [0.1, 0.15) is 11.5 Å². The predicted molar refractivity (Wildman–Crippen MR) is 91.0 cm³/mol. The molecule has 1 aromatic rings. The zero-order valence-electron chi connectivity index (χ0n) is 13.8. The molecule has 0 aliphatic heterocycles. The van der Waals surface area contributed by atoms with Crippen LogP contribution in [0, 0.1) is 5.92 Å². The largest absolute Gasteiger partial charge is 0.497 e. The summed E-state index contributed by atoms with van der Waals surface area (Å²) in [5.41, 5.74) is 1.81. The summed E-state index contributed by atoms with van der Waals surface area (Å²) in [4.78, 5) is 14.5. The summed E-state index contributed by atoms with van der Waals surface area (Å²) < 4.78 is 10.5. The number of carbonyl (C=O) groups excluding carboxylic acids is 1. The second-order valence-electron chi connectivity index (χ2n) is 5.73. The third kappa shape index (κ3) is 3.81. The van der Waals surface area contributed by atoms with Gasteiger partial charge in [0.25, 0.3) is 0 Å². The van der Waals surface area contributed by atoms with Gasteiger partial charge < -0.3 is 9.47 Å². The second-order valence-corrected chi connectivity index (χ2v) is 5.73. The molecule has 22 heavy (non-hydrogen) atoms. The highest BCUT2D eigenvalue weighted by Crippen LogP contribution is 2.33. The zero-order valence-corrected chi connectivity index (χ0v) is 14.6. The van der Waals surface area contributed by atoms with Crippen molar-refractivity contribution in [3.8, 4) is 11.5 Å². The van der Waals surface area contributed by atoms with Crippen molar-refractivity contribution in [1.29, 1.82) is 0 Å². The number of likely N-dealkylation sites (N-methyl/N-ethyl adjacent to an activating group) is 1. The molecule has 5 heteroatoms. The summed E-state index contributed by atoms with van der Waals surface area (Å²) in [7, 11) is 7.15. The molecule has 0 N–H and O–H groups in total. The number of methoxy groups -OCH3 is 2. The number of carbonyl (C=O) groups is 1. The number of nitrogens with zero attached hydrogens (tertiary/aromatic N) is 1. The Balaban J connectivity index is 0.00000242. The molecule has 1 aliphatic carbocycles. The van der Waals surface area contributed by atoms with E-state index in [1.54, 1.807) is 14.2 Å². The smallest absolute Gasteiger partial charge is 0.176 e. The Morgan fingerprint density at radius 1 is 1.14 bits per heavy atom. The van der Waals surface area contributed by atoms with Crippen molar-refractivity contribution in [2.75, 3.05) is 28.3 Å². The molecule has 0 heterocycles.